The largest absolute Gasteiger partial charge is 0.493 e. The second-order valence-corrected chi connectivity index (χ2v) is 19.0. The lowest BCUT2D eigenvalue weighted by molar-refractivity contribution is 0.285. The molecule has 2 unspecified atom stereocenters. The highest BCUT2D eigenvalue weighted by Crippen LogP contribution is 2.48. The highest BCUT2D eigenvalue weighted by atomic mass is 16.6. The maximum Gasteiger partial charge on any atom is 0.126 e. The van der Waals surface area contributed by atoms with Crippen LogP contribution in [0, 0.1) is 0 Å². The monoisotopic (exact) mass is 649 g/mol. The molecule has 0 radical (unpaired) electrons. The van der Waals surface area contributed by atoms with Gasteiger partial charge in [0.2, 0.25) is 0 Å². The second kappa shape index (κ2) is 14.1. The Balaban J connectivity index is 1.77. The molecule has 0 amide bonds. The molecule has 2 heterocycles. The van der Waals surface area contributed by atoms with Crippen molar-refractivity contribution in [2.75, 3.05) is 26.4 Å². The topological polar surface area (TPSA) is 43.5 Å². The minimum absolute atomic E-state index is 0.0697. The summed E-state index contributed by atoms with van der Waals surface area (Å²) < 4.78 is 24.3. The molecule has 2 atom stereocenters. The van der Waals surface area contributed by atoms with Crippen LogP contribution in [0.5, 0.6) is 11.5 Å². The fourth-order valence-electron chi connectivity index (χ4n) is 6.45. The van der Waals surface area contributed by atoms with Crippen LogP contribution in [0.2, 0.25) is 0 Å². The van der Waals surface area contributed by atoms with Gasteiger partial charge in [0.25, 0.3) is 0 Å². The van der Waals surface area contributed by atoms with Gasteiger partial charge in [-0.05, 0) is 71.3 Å². The third-order valence-corrected chi connectivity index (χ3v) is 9.99. The Morgan fingerprint density at radius 1 is 0.489 bits per heavy atom. The quantitative estimate of drug-likeness (QED) is 0.151. The summed E-state index contributed by atoms with van der Waals surface area (Å²) in [5.41, 5.74) is 7.32. The summed E-state index contributed by atoms with van der Waals surface area (Å²) in [6.07, 6.45) is 7.64. The van der Waals surface area contributed by atoms with Crippen LogP contribution in [0.3, 0.4) is 0 Å². The first kappa shape index (κ1) is 37.8. The third kappa shape index (κ3) is 10.0. The molecular formula is C43H68O4. The van der Waals surface area contributed by atoms with Gasteiger partial charge in [0.15, 0.2) is 0 Å². The van der Waals surface area contributed by atoms with Crippen LogP contribution in [-0.2, 0) is 36.5 Å². The molecule has 264 valence electrons. The summed E-state index contributed by atoms with van der Waals surface area (Å²) in [4.78, 5) is 0. The molecule has 0 saturated carbocycles. The average Bonchev–Trinajstić information content (AvgIpc) is 3.86. The minimum atomic E-state index is -0.244. The van der Waals surface area contributed by atoms with E-state index in [0.717, 1.165) is 76.5 Å². The molecule has 4 nitrogen and oxygen atoms in total. The zero-order valence-corrected chi connectivity index (χ0v) is 32.7. The second-order valence-electron chi connectivity index (χ2n) is 19.0. The molecular weight excluding hydrogens is 580 g/mol. The molecule has 2 aromatic carbocycles. The predicted molar refractivity (Wildman–Crippen MR) is 198 cm³/mol. The van der Waals surface area contributed by atoms with Crippen molar-refractivity contribution < 1.29 is 18.9 Å². The number of epoxide rings is 2. The van der Waals surface area contributed by atoms with Crippen LogP contribution >= 0.6 is 0 Å². The van der Waals surface area contributed by atoms with Crippen molar-refractivity contribution in [3.05, 3.63) is 57.6 Å². The standard InChI is InChI=1S/C43H68O4/c1-39(2,3)33-23-29(24-34(40(4,5)6)37(33)44-21-17-15-19-31-27-46-31)43(13,14)30-25-35(41(7,8)9)38(36(26-30)42(10,11)12)45-22-18-16-20-32-28-47-32/h23-26,31-32H,15-22,27-28H2,1-14H3. The summed E-state index contributed by atoms with van der Waals surface area (Å²) >= 11 is 0. The first-order valence-electron chi connectivity index (χ1n) is 18.5. The number of hydrogen-bond donors (Lipinski definition) is 0. The van der Waals surface area contributed by atoms with Crippen LogP contribution in [0.4, 0.5) is 0 Å². The lowest BCUT2D eigenvalue weighted by atomic mass is 9.69. The maximum atomic E-state index is 6.75. The van der Waals surface area contributed by atoms with Crippen molar-refractivity contribution in [3.8, 4) is 11.5 Å². The highest BCUT2D eigenvalue weighted by molar-refractivity contribution is 5.57. The first-order valence-corrected chi connectivity index (χ1v) is 18.5. The molecule has 0 aromatic heterocycles. The molecule has 0 N–H and O–H groups in total. The summed E-state index contributed by atoms with van der Waals surface area (Å²) in [5.74, 6) is 2.16. The van der Waals surface area contributed by atoms with E-state index >= 15 is 0 Å². The Kier molecular flexibility index (Phi) is 11.3. The summed E-state index contributed by atoms with van der Waals surface area (Å²) in [6, 6.07) is 9.79. The Hall–Kier alpha value is -2.04. The van der Waals surface area contributed by atoms with Crippen molar-refractivity contribution in [2.45, 2.75) is 175 Å². The number of hydrogen-bond acceptors (Lipinski definition) is 4. The van der Waals surface area contributed by atoms with Crippen LogP contribution in [0.25, 0.3) is 0 Å². The summed E-state index contributed by atoms with van der Waals surface area (Å²) in [5, 5.41) is 0. The van der Waals surface area contributed by atoms with Crippen LogP contribution in [-0.4, -0.2) is 38.6 Å². The molecule has 0 aliphatic carbocycles. The van der Waals surface area contributed by atoms with Crippen LogP contribution < -0.4 is 9.47 Å². The Labute approximate surface area is 288 Å². The average molecular weight is 649 g/mol. The zero-order valence-electron chi connectivity index (χ0n) is 32.7. The van der Waals surface area contributed by atoms with Gasteiger partial charge in [0, 0.05) is 27.7 Å². The van der Waals surface area contributed by atoms with Crippen molar-refractivity contribution in [1.29, 1.82) is 0 Å². The van der Waals surface area contributed by atoms with E-state index in [1.165, 1.54) is 33.4 Å². The van der Waals surface area contributed by atoms with Gasteiger partial charge in [-0.15, -0.1) is 0 Å². The van der Waals surface area contributed by atoms with E-state index in [1.807, 2.05) is 0 Å². The molecule has 2 aliphatic rings. The van der Waals surface area contributed by atoms with Crippen molar-refractivity contribution in [3.63, 3.8) is 0 Å². The van der Waals surface area contributed by atoms with Crippen molar-refractivity contribution in [1.82, 2.24) is 0 Å². The molecule has 4 heteroatoms. The van der Waals surface area contributed by atoms with E-state index in [4.69, 9.17) is 18.9 Å². The summed E-state index contributed by atoms with van der Waals surface area (Å²) in [6.45, 7) is 36.0. The highest BCUT2D eigenvalue weighted by Gasteiger charge is 2.36. The van der Waals surface area contributed by atoms with E-state index in [2.05, 4.69) is 121 Å². The Bertz CT molecular complexity index is 1170. The fourth-order valence-corrected chi connectivity index (χ4v) is 6.45. The number of rotatable bonds is 14. The molecule has 0 spiro atoms. The lowest BCUT2D eigenvalue weighted by Gasteiger charge is -2.37. The smallest absolute Gasteiger partial charge is 0.126 e. The predicted octanol–water partition coefficient (Wildman–Crippen LogP) is 11.1. The third-order valence-electron chi connectivity index (χ3n) is 9.99. The molecule has 0 bridgehead atoms. The SMILES string of the molecule is CC(C)(C)c1cc(C(C)(C)c2cc(C(C)(C)C)c(OCCCCC3CO3)c(C(C)(C)C)c2)cc(C(C)(C)C)c1OCCCCC1CO1. The zero-order chi connectivity index (χ0) is 35.0. The van der Waals surface area contributed by atoms with E-state index in [1.54, 1.807) is 0 Å². The van der Waals surface area contributed by atoms with E-state index in [9.17, 15) is 0 Å². The normalized spacial score (nSPS) is 18.8. The molecule has 2 aliphatic heterocycles. The lowest BCUT2D eigenvalue weighted by Crippen LogP contribution is -2.27. The van der Waals surface area contributed by atoms with Gasteiger partial charge in [-0.2, -0.15) is 0 Å². The van der Waals surface area contributed by atoms with Crippen molar-refractivity contribution >= 4 is 0 Å². The van der Waals surface area contributed by atoms with Gasteiger partial charge >= 0.3 is 0 Å². The molecule has 47 heavy (non-hydrogen) atoms. The molecule has 2 fully saturated rings. The van der Waals surface area contributed by atoms with Gasteiger partial charge < -0.3 is 18.9 Å². The Morgan fingerprint density at radius 2 is 0.766 bits per heavy atom. The van der Waals surface area contributed by atoms with Gasteiger partial charge in [0.05, 0.1) is 38.6 Å². The van der Waals surface area contributed by atoms with E-state index < -0.39 is 0 Å². The van der Waals surface area contributed by atoms with Gasteiger partial charge in [-0.3, -0.25) is 0 Å². The van der Waals surface area contributed by atoms with E-state index in [-0.39, 0.29) is 27.1 Å². The number of ether oxygens (including phenoxy) is 4. The van der Waals surface area contributed by atoms with Gasteiger partial charge in [0.1, 0.15) is 11.5 Å². The van der Waals surface area contributed by atoms with Gasteiger partial charge in [-0.25, -0.2) is 0 Å². The van der Waals surface area contributed by atoms with Crippen LogP contribution in [0.15, 0.2) is 24.3 Å². The molecule has 4 rings (SSSR count). The summed E-state index contributed by atoms with van der Waals surface area (Å²) in [7, 11) is 0. The number of unbranched alkanes of at least 4 members (excludes halogenated alkanes) is 2. The molecule has 2 aromatic rings. The fraction of sp³-hybridized carbons (Fsp3) is 0.721. The van der Waals surface area contributed by atoms with Crippen LogP contribution in [0.1, 0.15) is 169 Å². The van der Waals surface area contributed by atoms with E-state index in [0.29, 0.717) is 12.2 Å². The number of benzene rings is 2. The maximum absolute atomic E-state index is 6.75. The molecule has 2 saturated heterocycles. The minimum Gasteiger partial charge on any atom is -0.493 e. The first-order chi connectivity index (χ1) is 21.6. The van der Waals surface area contributed by atoms with Crippen molar-refractivity contribution in [2.24, 2.45) is 0 Å². The Morgan fingerprint density at radius 3 is 1.00 bits per heavy atom. The van der Waals surface area contributed by atoms with Gasteiger partial charge in [-0.1, -0.05) is 121 Å².